The maximum absolute atomic E-state index is 14.0. The van der Waals surface area contributed by atoms with Gasteiger partial charge in [-0.1, -0.05) is 29.3 Å². The summed E-state index contributed by atoms with van der Waals surface area (Å²) in [6, 6.07) is 13.4. The van der Waals surface area contributed by atoms with Crippen molar-refractivity contribution >= 4 is 46.1 Å². The van der Waals surface area contributed by atoms with Gasteiger partial charge in [-0.3, -0.25) is 9.48 Å². The molecule has 1 amide bonds. The average molecular weight is 476 g/mol. The Bertz CT molecular complexity index is 1190. The highest BCUT2D eigenvalue weighted by Crippen LogP contribution is 2.22. The molecule has 0 unspecified atom stereocenters. The third-order valence-corrected chi connectivity index (χ3v) is 5.95. The lowest BCUT2D eigenvalue weighted by molar-refractivity contribution is 0.103. The lowest BCUT2D eigenvalue weighted by Gasteiger charge is -2.05. The van der Waals surface area contributed by atoms with E-state index in [1.54, 1.807) is 48.7 Å². The van der Waals surface area contributed by atoms with Gasteiger partial charge in [-0.2, -0.15) is 5.10 Å². The number of thiophene rings is 1. The Hall–Kier alpha value is -2.87. The van der Waals surface area contributed by atoms with Gasteiger partial charge in [0.2, 0.25) is 0 Å². The maximum atomic E-state index is 14.0. The molecule has 2 aromatic carbocycles. The molecule has 9 heteroatoms. The van der Waals surface area contributed by atoms with Gasteiger partial charge < -0.3 is 10.1 Å². The van der Waals surface area contributed by atoms with Gasteiger partial charge in [-0.05, 0) is 47.8 Å². The molecule has 0 saturated heterocycles. The second kappa shape index (κ2) is 9.51. The standard InChI is InChI=1S/C22H16Cl2FN3O2S/c23-15-4-6-17(7-5-15)30-12-14-8-21(31-13-14)22(29)27-16-9-26-28(10-16)11-18-19(24)2-1-3-20(18)25/h1-10,13H,11-12H2,(H,27,29). The molecule has 0 atom stereocenters. The number of anilines is 1. The number of carbonyl (C=O) groups is 1. The Balaban J connectivity index is 1.35. The number of benzene rings is 2. The first-order valence-electron chi connectivity index (χ1n) is 9.20. The Morgan fingerprint density at radius 3 is 2.77 bits per heavy atom. The van der Waals surface area contributed by atoms with Crippen LogP contribution in [0.2, 0.25) is 10.0 Å². The number of hydrogen-bond donors (Lipinski definition) is 1. The molecule has 0 saturated carbocycles. The predicted octanol–water partition coefficient (Wildman–Crippen LogP) is 6.27. The van der Waals surface area contributed by atoms with Gasteiger partial charge in [-0.15, -0.1) is 11.3 Å². The highest BCUT2D eigenvalue weighted by molar-refractivity contribution is 7.12. The molecular weight excluding hydrogens is 460 g/mol. The van der Waals surface area contributed by atoms with Crippen molar-refractivity contribution in [2.45, 2.75) is 13.2 Å². The first-order valence-corrected chi connectivity index (χ1v) is 10.8. The molecule has 0 aliphatic rings. The van der Waals surface area contributed by atoms with Crippen LogP contribution < -0.4 is 10.1 Å². The van der Waals surface area contributed by atoms with E-state index in [1.807, 2.05) is 5.38 Å². The van der Waals surface area contributed by atoms with E-state index in [2.05, 4.69) is 10.4 Å². The van der Waals surface area contributed by atoms with E-state index in [4.69, 9.17) is 27.9 Å². The van der Waals surface area contributed by atoms with E-state index in [1.165, 1.54) is 28.3 Å². The quantitative estimate of drug-likeness (QED) is 0.342. The summed E-state index contributed by atoms with van der Waals surface area (Å²) in [6.45, 7) is 0.499. The number of nitrogens with one attached hydrogen (secondary N) is 1. The Morgan fingerprint density at radius 2 is 2.00 bits per heavy atom. The van der Waals surface area contributed by atoms with Crippen LogP contribution in [0.5, 0.6) is 5.75 Å². The largest absolute Gasteiger partial charge is 0.489 e. The number of carbonyl (C=O) groups excluding carboxylic acids is 1. The van der Waals surface area contributed by atoms with Gasteiger partial charge in [0.15, 0.2) is 0 Å². The van der Waals surface area contributed by atoms with Crippen LogP contribution in [0.4, 0.5) is 10.1 Å². The van der Waals surface area contributed by atoms with E-state index >= 15 is 0 Å². The molecule has 2 aromatic heterocycles. The highest BCUT2D eigenvalue weighted by Gasteiger charge is 2.13. The number of amides is 1. The molecule has 0 radical (unpaired) electrons. The van der Waals surface area contributed by atoms with Crippen molar-refractivity contribution < 1.29 is 13.9 Å². The summed E-state index contributed by atoms with van der Waals surface area (Å²) in [7, 11) is 0. The number of nitrogens with zero attached hydrogens (tertiary/aromatic N) is 2. The van der Waals surface area contributed by atoms with E-state index in [0.717, 1.165) is 5.56 Å². The fraction of sp³-hybridized carbons (Fsp3) is 0.0909. The summed E-state index contributed by atoms with van der Waals surface area (Å²) < 4.78 is 21.2. The van der Waals surface area contributed by atoms with Crippen LogP contribution in [0.15, 0.2) is 66.3 Å². The van der Waals surface area contributed by atoms with Crippen LogP contribution in [-0.2, 0) is 13.2 Å². The molecule has 0 aliphatic heterocycles. The zero-order chi connectivity index (χ0) is 21.8. The SMILES string of the molecule is O=C(Nc1cnn(Cc2c(F)cccc2Cl)c1)c1cc(COc2ccc(Cl)cc2)cs1. The lowest BCUT2D eigenvalue weighted by Crippen LogP contribution is -2.09. The summed E-state index contributed by atoms with van der Waals surface area (Å²) in [4.78, 5) is 13.1. The second-order valence-corrected chi connectivity index (χ2v) is 8.40. The zero-order valence-corrected chi connectivity index (χ0v) is 18.3. The van der Waals surface area contributed by atoms with Crippen molar-refractivity contribution in [3.05, 3.63) is 98.2 Å². The molecule has 0 spiro atoms. The summed E-state index contributed by atoms with van der Waals surface area (Å²) in [5.41, 5.74) is 1.73. The Morgan fingerprint density at radius 1 is 1.19 bits per heavy atom. The van der Waals surface area contributed by atoms with Crippen LogP contribution in [-0.4, -0.2) is 15.7 Å². The van der Waals surface area contributed by atoms with Crippen molar-refractivity contribution in [1.82, 2.24) is 9.78 Å². The minimum atomic E-state index is -0.402. The van der Waals surface area contributed by atoms with Gasteiger partial charge in [-0.25, -0.2) is 4.39 Å². The second-order valence-electron chi connectivity index (χ2n) is 6.64. The summed E-state index contributed by atoms with van der Waals surface area (Å²) in [5.74, 6) is 0.0377. The first-order chi connectivity index (χ1) is 15.0. The topological polar surface area (TPSA) is 56.2 Å². The van der Waals surface area contributed by atoms with E-state index < -0.39 is 5.82 Å². The number of hydrogen-bond acceptors (Lipinski definition) is 4. The summed E-state index contributed by atoms with van der Waals surface area (Å²) >= 11 is 13.2. The molecule has 0 bridgehead atoms. The average Bonchev–Trinajstić information content (AvgIpc) is 3.40. The molecule has 2 heterocycles. The normalized spacial score (nSPS) is 10.8. The predicted molar refractivity (Wildman–Crippen MR) is 121 cm³/mol. The van der Waals surface area contributed by atoms with Gasteiger partial charge in [0, 0.05) is 27.4 Å². The van der Waals surface area contributed by atoms with E-state index in [-0.39, 0.29) is 12.5 Å². The minimum Gasteiger partial charge on any atom is -0.489 e. The van der Waals surface area contributed by atoms with Crippen molar-refractivity contribution in [3.63, 3.8) is 0 Å². The van der Waals surface area contributed by atoms with Gasteiger partial charge in [0.1, 0.15) is 18.2 Å². The number of aromatic nitrogens is 2. The van der Waals surface area contributed by atoms with Crippen LogP contribution in [0, 0.1) is 5.82 Å². The van der Waals surface area contributed by atoms with Crippen LogP contribution in [0.1, 0.15) is 20.8 Å². The molecule has 0 fully saturated rings. The Labute approximate surface area is 192 Å². The van der Waals surface area contributed by atoms with E-state index in [0.29, 0.717) is 38.5 Å². The van der Waals surface area contributed by atoms with Gasteiger partial charge in [0.05, 0.1) is 23.3 Å². The Kier molecular flexibility index (Phi) is 6.56. The van der Waals surface area contributed by atoms with Crippen LogP contribution >= 0.6 is 34.5 Å². The lowest BCUT2D eigenvalue weighted by atomic mass is 10.2. The highest BCUT2D eigenvalue weighted by atomic mass is 35.5. The monoisotopic (exact) mass is 475 g/mol. The molecule has 0 aliphatic carbocycles. The number of halogens is 3. The molecule has 4 aromatic rings. The minimum absolute atomic E-state index is 0.159. The van der Waals surface area contributed by atoms with Gasteiger partial charge in [0.25, 0.3) is 5.91 Å². The molecule has 31 heavy (non-hydrogen) atoms. The third-order valence-electron chi connectivity index (χ3n) is 4.37. The fourth-order valence-electron chi connectivity index (χ4n) is 2.82. The van der Waals surface area contributed by atoms with Crippen molar-refractivity contribution in [1.29, 1.82) is 0 Å². The number of ether oxygens (including phenoxy) is 1. The maximum Gasteiger partial charge on any atom is 0.265 e. The van der Waals surface area contributed by atoms with Crippen LogP contribution in [0.3, 0.4) is 0 Å². The van der Waals surface area contributed by atoms with Crippen LogP contribution in [0.25, 0.3) is 0 Å². The fourth-order valence-corrected chi connectivity index (χ4v) is 3.96. The first kappa shape index (κ1) is 21.4. The van der Waals surface area contributed by atoms with Crippen molar-refractivity contribution in [3.8, 4) is 5.75 Å². The molecule has 158 valence electrons. The number of rotatable bonds is 7. The summed E-state index contributed by atoms with van der Waals surface area (Å²) in [5, 5.41) is 9.80. The summed E-state index contributed by atoms with van der Waals surface area (Å²) in [6.07, 6.45) is 3.13. The molecule has 1 N–H and O–H groups in total. The zero-order valence-electron chi connectivity index (χ0n) is 16.0. The van der Waals surface area contributed by atoms with Crippen molar-refractivity contribution in [2.75, 3.05) is 5.32 Å². The van der Waals surface area contributed by atoms with E-state index in [9.17, 15) is 9.18 Å². The van der Waals surface area contributed by atoms with Crippen molar-refractivity contribution in [2.24, 2.45) is 0 Å². The third kappa shape index (κ3) is 5.44. The van der Waals surface area contributed by atoms with Gasteiger partial charge >= 0.3 is 0 Å². The molecular formula is C22H16Cl2FN3O2S. The molecule has 5 nitrogen and oxygen atoms in total. The smallest absolute Gasteiger partial charge is 0.265 e. The molecule has 4 rings (SSSR count).